The molecule has 0 bridgehead atoms. The molecule has 1 heterocycles. The zero-order chi connectivity index (χ0) is 17.0. The molecular formula is C16H20ClN3O2S. The Labute approximate surface area is 141 Å². The molecule has 5 nitrogen and oxygen atoms in total. The maximum absolute atomic E-state index is 12.2. The number of sulfonamides is 1. The van der Waals surface area contributed by atoms with Gasteiger partial charge in [0, 0.05) is 25.0 Å². The number of nitrogens with two attached hydrogens (primary N) is 1. The SMILES string of the molecule is CC(C)c1ccc(C(N)CNS(=O)(=O)c2cncc(Cl)c2)cc1. The van der Waals surface area contributed by atoms with Crippen molar-refractivity contribution in [3.05, 3.63) is 58.9 Å². The van der Waals surface area contributed by atoms with Gasteiger partial charge in [-0.25, -0.2) is 13.1 Å². The van der Waals surface area contributed by atoms with Gasteiger partial charge < -0.3 is 5.73 Å². The van der Waals surface area contributed by atoms with Crippen molar-refractivity contribution in [2.75, 3.05) is 6.54 Å². The van der Waals surface area contributed by atoms with Crippen molar-refractivity contribution in [2.24, 2.45) is 5.73 Å². The fourth-order valence-corrected chi connectivity index (χ4v) is 3.35. The minimum absolute atomic E-state index is 0.0207. The summed E-state index contributed by atoms with van der Waals surface area (Å²) >= 11 is 5.77. The maximum atomic E-state index is 12.2. The van der Waals surface area contributed by atoms with Gasteiger partial charge in [-0.05, 0) is 23.1 Å². The quantitative estimate of drug-likeness (QED) is 0.836. The number of aromatic nitrogens is 1. The summed E-state index contributed by atoms with van der Waals surface area (Å²) in [5.41, 5.74) is 8.16. The monoisotopic (exact) mass is 353 g/mol. The molecule has 23 heavy (non-hydrogen) atoms. The highest BCUT2D eigenvalue weighted by Gasteiger charge is 2.17. The van der Waals surface area contributed by atoms with Gasteiger partial charge in [0.15, 0.2) is 0 Å². The second-order valence-electron chi connectivity index (χ2n) is 5.62. The van der Waals surface area contributed by atoms with E-state index < -0.39 is 16.1 Å². The molecular weight excluding hydrogens is 334 g/mol. The molecule has 0 aliphatic heterocycles. The van der Waals surface area contributed by atoms with E-state index in [-0.39, 0.29) is 16.5 Å². The molecule has 2 aromatic rings. The van der Waals surface area contributed by atoms with Crippen LogP contribution in [0.25, 0.3) is 0 Å². The number of pyridine rings is 1. The first-order valence-electron chi connectivity index (χ1n) is 7.25. The normalized spacial score (nSPS) is 13.3. The van der Waals surface area contributed by atoms with E-state index in [2.05, 4.69) is 23.6 Å². The molecule has 0 spiro atoms. The Balaban J connectivity index is 2.04. The summed E-state index contributed by atoms with van der Waals surface area (Å²) in [4.78, 5) is 3.80. The molecule has 0 radical (unpaired) electrons. The molecule has 1 unspecified atom stereocenters. The van der Waals surface area contributed by atoms with Crippen LogP contribution in [0.1, 0.15) is 36.9 Å². The molecule has 1 atom stereocenters. The minimum atomic E-state index is -3.68. The number of benzene rings is 1. The molecule has 0 aliphatic carbocycles. The van der Waals surface area contributed by atoms with Crippen LogP contribution in [0.3, 0.4) is 0 Å². The predicted octanol–water partition coefficient (Wildman–Crippen LogP) is 2.84. The summed E-state index contributed by atoms with van der Waals surface area (Å²) in [6, 6.07) is 8.78. The van der Waals surface area contributed by atoms with E-state index in [1.165, 1.54) is 24.0 Å². The van der Waals surface area contributed by atoms with E-state index in [4.69, 9.17) is 17.3 Å². The Hall–Kier alpha value is -1.47. The topological polar surface area (TPSA) is 85.1 Å². The van der Waals surface area contributed by atoms with Crippen molar-refractivity contribution < 1.29 is 8.42 Å². The maximum Gasteiger partial charge on any atom is 0.242 e. The highest BCUT2D eigenvalue weighted by molar-refractivity contribution is 7.89. The molecule has 7 heteroatoms. The fraction of sp³-hybridized carbons (Fsp3) is 0.312. The average molecular weight is 354 g/mol. The van der Waals surface area contributed by atoms with E-state index in [0.717, 1.165) is 5.56 Å². The van der Waals surface area contributed by atoms with Crippen molar-refractivity contribution >= 4 is 21.6 Å². The van der Waals surface area contributed by atoms with Crippen LogP contribution < -0.4 is 10.5 Å². The van der Waals surface area contributed by atoms with Gasteiger partial charge >= 0.3 is 0 Å². The summed E-state index contributed by atoms with van der Waals surface area (Å²) in [7, 11) is -3.68. The molecule has 0 amide bonds. The summed E-state index contributed by atoms with van der Waals surface area (Å²) in [5.74, 6) is 0.439. The minimum Gasteiger partial charge on any atom is -0.323 e. The van der Waals surface area contributed by atoms with Gasteiger partial charge in [0.2, 0.25) is 10.0 Å². The second kappa shape index (κ2) is 7.40. The molecule has 0 saturated heterocycles. The summed E-state index contributed by atoms with van der Waals surface area (Å²) in [6.45, 7) is 4.32. The van der Waals surface area contributed by atoms with Gasteiger partial charge in [0.05, 0.1) is 5.02 Å². The van der Waals surface area contributed by atoms with Crippen molar-refractivity contribution in [3.63, 3.8) is 0 Å². The number of halogens is 1. The lowest BCUT2D eigenvalue weighted by atomic mass is 9.99. The van der Waals surface area contributed by atoms with Gasteiger partial charge in [0.25, 0.3) is 0 Å². The number of hydrogen-bond donors (Lipinski definition) is 2. The first kappa shape index (κ1) is 17.9. The lowest BCUT2D eigenvalue weighted by Crippen LogP contribution is -2.32. The van der Waals surface area contributed by atoms with E-state index in [9.17, 15) is 8.42 Å². The largest absolute Gasteiger partial charge is 0.323 e. The zero-order valence-electron chi connectivity index (χ0n) is 13.0. The van der Waals surface area contributed by atoms with E-state index >= 15 is 0 Å². The Kier molecular flexibility index (Phi) is 5.75. The van der Waals surface area contributed by atoms with Gasteiger partial charge in [-0.3, -0.25) is 4.98 Å². The van der Waals surface area contributed by atoms with Gasteiger partial charge in [-0.1, -0.05) is 49.7 Å². The van der Waals surface area contributed by atoms with Crippen molar-refractivity contribution in [3.8, 4) is 0 Å². The van der Waals surface area contributed by atoms with Gasteiger partial charge in [-0.15, -0.1) is 0 Å². The summed E-state index contributed by atoms with van der Waals surface area (Å²) < 4.78 is 26.9. The third kappa shape index (κ3) is 4.75. The van der Waals surface area contributed by atoms with E-state index in [1.807, 2.05) is 24.3 Å². The van der Waals surface area contributed by atoms with E-state index in [0.29, 0.717) is 5.92 Å². The van der Waals surface area contributed by atoms with Gasteiger partial charge in [0.1, 0.15) is 4.90 Å². The lowest BCUT2D eigenvalue weighted by molar-refractivity contribution is 0.572. The van der Waals surface area contributed by atoms with Crippen LogP contribution in [0.5, 0.6) is 0 Å². The lowest BCUT2D eigenvalue weighted by Gasteiger charge is -2.15. The zero-order valence-corrected chi connectivity index (χ0v) is 14.6. The van der Waals surface area contributed by atoms with Crippen molar-refractivity contribution in [2.45, 2.75) is 30.7 Å². The highest BCUT2D eigenvalue weighted by Crippen LogP contribution is 2.18. The molecule has 124 valence electrons. The second-order valence-corrected chi connectivity index (χ2v) is 7.82. The molecule has 0 aliphatic rings. The predicted molar refractivity (Wildman–Crippen MR) is 91.9 cm³/mol. The Morgan fingerprint density at radius 2 is 1.78 bits per heavy atom. The third-order valence-electron chi connectivity index (χ3n) is 3.51. The standard InChI is InChI=1S/C16H20ClN3O2S/c1-11(2)12-3-5-13(6-4-12)16(18)10-20-23(21,22)15-7-14(17)8-19-9-15/h3-9,11,16,20H,10,18H2,1-2H3. The van der Waals surface area contributed by atoms with Crippen LogP contribution >= 0.6 is 11.6 Å². The number of hydrogen-bond acceptors (Lipinski definition) is 4. The Morgan fingerprint density at radius 1 is 1.17 bits per heavy atom. The van der Waals surface area contributed by atoms with Crippen LogP contribution in [-0.2, 0) is 10.0 Å². The summed E-state index contributed by atoms with van der Waals surface area (Å²) in [5, 5.41) is 0.265. The van der Waals surface area contributed by atoms with Crippen LogP contribution in [0.15, 0.2) is 47.6 Å². The number of nitrogens with one attached hydrogen (secondary N) is 1. The highest BCUT2D eigenvalue weighted by atomic mass is 35.5. The van der Waals surface area contributed by atoms with Crippen LogP contribution in [-0.4, -0.2) is 19.9 Å². The van der Waals surface area contributed by atoms with Gasteiger partial charge in [-0.2, -0.15) is 0 Å². The Bertz CT molecular complexity index is 761. The first-order chi connectivity index (χ1) is 10.8. The molecule has 0 fully saturated rings. The third-order valence-corrected chi connectivity index (χ3v) is 5.11. The fourth-order valence-electron chi connectivity index (χ4n) is 2.07. The average Bonchev–Trinajstić information content (AvgIpc) is 2.53. The van der Waals surface area contributed by atoms with Crippen molar-refractivity contribution in [1.82, 2.24) is 9.71 Å². The summed E-state index contributed by atoms with van der Waals surface area (Å²) in [6.07, 6.45) is 2.62. The number of nitrogens with zero attached hydrogens (tertiary/aromatic N) is 1. The molecule has 1 aromatic carbocycles. The molecule has 1 aromatic heterocycles. The molecule has 3 N–H and O–H groups in total. The number of rotatable bonds is 6. The van der Waals surface area contributed by atoms with Crippen LogP contribution in [0.2, 0.25) is 5.02 Å². The Morgan fingerprint density at radius 3 is 2.35 bits per heavy atom. The molecule has 2 rings (SSSR count). The first-order valence-corrected chi connectivity index (χ1v) is 9.11. The van der Waals surface area contributed by atoms with Crippen LogP contribution in [0, 0.1) is 0 Å². The molecule has 0 saturated carbocycles. The van der Waals surface area contributed by atoms with Crippen molar-refractivity contribution in [1.29, 1.82) is 0 Å². The van der Waals surface area contributed by atoms with E-state index in [1.54, 1.807) is 0 Å². The smallest absolute Gasteiger partial charge is 0.242 e. The van der Waals surface area contributed by atoms with Crippen LogP contribution in [0.4, 0.5) is 0 Å².